The van der Waals surface area contributed by atoms with Crippen molar-refractivity contribution in [1.29, 1.82) is 0 Å². The van der Waals surface area contributed by atoms with Crippen LogP contribution in [0.15, 0.2) is 18.3 Å². The third-order valence-corrected chi connectivity index (χ3v) is 2.27. The number of hydrogen-bond acceptors (Lipinski definition) is 2. The lowest BCUT2D eigenvalue weighted by Gasteiger charge is -2.09. The van der Waals surface area contributed by atoms with Gasteiger partial charge in [-0.3, -0.25) is 0 Å². The molecular formula is C9H11FN2. The van der Waals surface area contributed by atoms with Gasteiger partial charge in [0, 0.05) is 12.2 Å². The van der Waals surface area contributed by atoms with Crippen molar-refractivity contribution in [3.8, 4) is 0 Å². The fraction of sp³-hybridized carbons (Fsp3) is 0.444. The third kappa shape index (κ3) is 1.46. The number of hydrogen-bond donors (Lipinski definition) is 1. The van der Waals surface area contributed by atoms with Gasteiger partial charge in [-0.05, 0) is 36.5 Å². The number of rotatable bonds is 2. The van der Waals surface area contributed by atoms with E-state index < -0.39 is 5.95 Å². The van der Waals surface area contributed by atoms with Crippen LogP contribution in [0.3, 0.4) is 0 Å². The van der Waals surface area contributed by atoms with E-state index in [1.54, 1.807) is 6.07 Å². The Morgan fingerprint density at radius 3 is 2.92 bits per heavy atom. The minimum Gasteiger partial charge on any atom is -0.324 e. The Labute approximate surface area is 70.6 Å². The van der Waals surface area contributed by atoms with Crippen LogP contribution in [0, 0.1) is 11.9 Å². The van der Waals surface area contributed by atoms with Gasteiger partial charge in [-0.1, -0.05) is 0 Å². The molecule has 2 rings (SSSR count). The smallest absolute Gasteiger partial charge is 0.213 e. The largest absolute Gasteiger partial charge is 0.324 e. The van der Waals surface area contributed by atoms with Crippen LogP contribution in [0.5, 0.6) is 0 Å². The summed E-state index contributed by atoms with van der Waals surface area (Å²) in [5, 5.41) is 0. The lowest BCUT2D eigenvalue weighted by molar-refractivity contribution is 0.568. The van der Waals surface area contributed by atoms with Gasteiger partial charge in [0.1, 0.15) is 0 Å². The molecule has 2 N–H and O–H groups in total. The van der Waals surface area contributed by atoms with Gasteiger partial charge < -0.3 is 5.73 Å². The molecule has 2 nitrogen and oxygen atoms in total. The summed E-state index contributed by atoms with van der Waals surface area (Å²) < 4.78 is 12.6. The van der Waals surface area contributed by atoms with Crippen LogP contribution in [0.1, 0.15) is 24.4 Å². The monoisotopic (exact) mass is 166 g/mol. The molecule has 1 aromatic heterocycles. The van der Waals surface area contributed by atoms with E-state index in [-0.39, 0.29) is 6.04 Å². The fourth-order valence-corrected chi connectivity index (χ4v) is 1.35. The summed E-state index contributed by atoms with van der Waals surface area (Å²) in [6, 6.07) is 3.21. The quantitative estimate of drug-likeness (QED) is 0.678. The van der Waals surface area contributed by atoms with Crippen LogP contribution < -0.4 is 5.73 Å². The zero-order valence-corrected chi connectivity index (χ0v) is 6.70. The maximum Gasteiger partial charge on any atom is 0.213 e. The average molecular weight is 166 g/mol. The molecule has 1 fully saturated rings. The topological polar surface area (TPSA) is 38.9 Å². The number of aromatic nitrogens is 1. The first-order valence-electron chi connectivity index (χ1n) is 4.14. The van der Waals surface area contributed by atoms with E-state index in [1.807, 2.05) is 0 Å². The van der Waals surface area contributed by atoms with E-state index in [0.717, 1.165) is 5.56 Å². The average Bonchev–Trinajstić information content (AvgIpc) is 2.85. The molecule has 0 saturated heterocycles. The van der Waals surface area contributed by atoms with E-state index in [0.29, 0.717) is 5.92 Å². The Morgan fingerprint density at radius 2 is 2.33 bits per heavy atom. The van der Waals surface area contributed by atoms with Crippen LogP contribution in [0.2, 0.25) is 0 Å². The highest BCUT2D eigenvalue weighted by atomic mass is 19.1. The summed E-state index contributed by atoms with van der Waals surface area (Å²) in [4.78, 5) is 3.48. The summed E-state index contributed by atoms with van der Waals surface area (Å²) in [7, 11) is 0. The molecule has 0 aliphatic heterocycles. The summed E-state index contributed by atoms with van der Waals surface area (Å²) in [5.74, 6) is 0.121. The van der Waals surface area contributed by atoms with Gasteiger partial charge in [0.15, 0.2) is 0 Å². The van der Waals surface area contributed by atoms with Gasteiger partial charge in [0.25, 0.3) is 0 Å². The summed E-state index contributed by atoms with van der Waals surface area (Å²) >= 11 is 0. The molecule has 0 aromatic carbocycles. The molecule has 3 heteroatoms. The van der Waals surface area contributed by atoms with Crippen molar-refractivity contribution in [3.05, 3.63) is 29.8 Å². The maximum absolute atomic E-state index is 12.6. The van der Waals surface area contributed by atoms with Crippen LogP contribution in [0.4, 0.5) is 4.39 Å². The van der Waals surface area contributed by atoms with Gasteiger partial charge in [0.2, 0.25) is 5.95 Å². The minimum absolute atomic E-state index is 0.00231. The van der Waals surface area contributed by atoms with Gasteiger partial charge in [-0.2, -0.15) is 4.39 Å². The van der Waals surface area contributed by atoms with Crippen LogP contribution >= 0.6 is 0 Å². The van der Waals surface area contributed by atoms with Crippen LogP contribution in [0.25, 0.3) is 0 Å². The van der Waals surface area contributed by atoms with Crippen molar-refractivity contribution < 1.29 is 4.39 Å². The number of halogens is 1. The molecule has 12 heavy (non-hydrogen) atoms. The second kappa shape index (κ2) is 2.83. The van der Waals surface area contributed by atoms with Crippen molar-refractivity contribution in [2.75, 3.05) is 0 Å². The molecule has 1 saturated carbocycles. The Balaban J connectivity index is 2.20. The first-order valence-corrected chi connectivity index (χ1v) is 4.14. The molecule has 1 atom stereocenters. The molecule has 1 aromatic rings. The Kier molecular flexibility index (Phi) is 1.81. The predicted molar refractivity (Wildman–Crippen MR) is 43.8 cm³/mol. The van der Waals surface area contributed by atoms with Crippen molar-refractivity contribution in [2.24, 2.45) is 11.7 Å². The van der Waals surface area contributed by atoms with Crippen molar-refractivity contribution in [3.63, 3.8) is 0 Å². The van der Waals surface area contributed by atoms with Crippen molar-refractivity contribution >= 4 is 0 Å². The van der Waals surface area contributed by atoms with Crippen molar-refractivity contribution in [2.45, 2.75) is 18.9 Å². The zero-order chi connectivity index (χ0) is 8.55. The SMILES string of the molecule is N[C@@H](c1ccnc(F)c1)C1CC1. The minimum atomic E-state index is -0.441. The lowest BCUT2D eigenvalue weighted by atomic mass is 10.1. The van der Waals surface area contributed by atoms with Gasteiger partial charge in [0.05, 0.1) is 0 Å². The molecule has 0 radical (unpaired) electrons. The molecule has 1 heterocycles. The molecule has 64 valence electrons. The number of nitrogens with zero attached hydrogens (tertiary/aromatic N) is 1. The van der Waals surface area contributed by atoms with Crippen LogP contribution in [-0.4, -0.2) is 4.98 Å². The second-order valence-corrected chi connectivity index (χ2v) is 3.28. The predicted octanol–water partition coefficient (Wildman–Crippen LogP) is 1.63. The van der Waals surface area contributed by atoms with E-state index in [4.69, 9.17) is 5.73 Å². The van der Waals surface area contributed by atoms with Gasteiger partial charge in [-0.15, -0.1) is 0 Å². The van der Waals surface area contributed by atoms with E-state index in [2.05, 4.69) is 4.98 Å². The molecule has 0 spiro atoms. The van der Waals surface area contributed by atoms with Crippen molar-refractivity contribution in [1.82, 2.24) is 4.98 Å². The second-order valence-electron chi connectivity index (χ2n) is 3.28. The number of nitrogens with two attached hydrogens (primary N) is 1. The molecule has 0 bridgehead atoms. The van der Waals surface area contributed by atoms with Crippen LogP contribution in [-0.2, 0) is 0 Å². The van der Waals surface area contributed by atoms with Gasteiger partial charge >= 0.3 is 0 Å². The van der Waals surface area contributed by atoms with Gasteiger partial charge in [-0.25, -0.2) is 4.98 Å². The highest BCUT2D eigenvalue weighted by molar-refractivity contribution is 5.17. The Hall–Kier alpha value is -0.960. The molecule has 1 aliphatic rings. The summed E-state index contributed by atoms with van der Waals surface area (Å²) in [5.41, 5.74) is 6.74. The molecule has 0 amide bonds. The standard InChI is InChI=1S/C9H11FN2/c10-8-5-7(3-4-12-8)9(11)6-1-2-6/h3-6,9H,1-2,11H2/t9-/m1/s1. The van der Waals surface area contributed by atoms with E-state index in [9.17, 15) is 4.39 Å². The number of pyridine rings is 1. The van der Waals surface area contributed by atoms with E-state index >= 15 is 0 Å². The maximum atomic E-state index is 12.6. The summed E-state index contributed by atoms with van der Waals surface area (Å²) in [6.07, 6.45) is 3.81. The highest BCUT2D eigenvalue weighted by Gasteiger charge is 2.29. The Morgan fingerprint density at radius 1 is 1.58 bits per heavy atom. The fourth-order valence-electron chi connectivity index (χ4n) is 1.35. The Bertz CT molecular complexity index is 284. The highest BCUT2D eigenvalue weighted by Crippen LogP contribution is 2.39. The lowest BCUT2D eigenvalue weighted by Crippen LogP contribution is -2.12. The third-order valence-electron chi connectivity index (χ3n) is 2.27. The zero-order valence-electron chi connectivity index (χ0n) is 6.70. The molecule has 1 aliphatic carbocycles. The first-order chi connectivity index (χ1) is 5.77. The summed E-state index contributed by atoms with van der Waals surface area (Å²) in [6.45, 7) is 0. The first kappa shape index (κ1) is 7.68. The normalized spacial score (nSPS) is 19.2. The molecular weight excluding hydrogens is 155 g/mol. The van der Waals surface area contributed by atoms with E-state index in [1.165, 1.54) is 25.1 Å². The molecule has 0 unspecified atom stereocenters.